The van der Waals surface area contributed by atoms with Gasteiger partial charge in [-0.05, 0) is 61.7 Å². The van der Waals surface area contributed by atoms with E-state index < -0.39 is 0 Å². The molecule has 2 aliphatic heterocycles. The summed E-state index contributed by atoms with van der Waals surface area (Å²) in [6.07, 6.45) is 1.56. The maximum absolute atomic E-state index is 13.0. The Kier molecular flexibility index (Phi) is 4.97. The van der Waals surface area contributed by atoms with Gasteiger partial charge in [-0.25, -0.2) is 0 Å². The van der Waals surface area contributed by atoms with Gasteiger partial charge in [-0.1, -0.05) is 5.16 Å². The number of rotatable bonds is 4. The molecule has 160 valence electrons. The summed E-state index contributed by atoms with van der Waals surface area (Å²) in [7, 11) is 1.62. The van der Waals surface area contributed by atoms with Gasteiger partial charge in [-0.3, -0.25) is 4.79 Å². The third-order valence-electron chi connectivity index (χ3n) is 5.87. The summed E-state index contributed by atoms with van der Waals surface area (Å²) in [5, 5.41) is 4.14. The highest BCUT2D eigenvalue weighted by molar-refractivity contribution is 5.95. The molecule has 3 heterocycles. The molecule has 0 saturated carbocycles. The Morgan fingerprint density at radius 2 is 1.90 bits per heavy atom. The molecular formula is C23H23N3O5. The van der Waals surface area contributed by atoms with Crippen molar-refractivity contribution >= 4 is 5.91 Å². The second-order valence-corrected chi connectivity index (χ2v) is 7.77. The fourth-order valence-corrected chi connectivity index (χ4v) is 4.06. The number of methoxy groups -OCH3 is 1. The summed E-state index contributed by atoms with van der Waals surface area (Å²) in [6.45, 7) is 3.45. The van der Waals surface area contributed by atoms with E-state index in [0.29, 0.717) is 36.1 Å². The van der Waals surface area contributed by atoms with Crippen LogP contribution in [0.4, 0.5) is 0 Å². The van der Waals surface area contributed by atoms with Gasteiger partial charge >= 0.3 is 0 Å². The predicted molar refractivity (Wildman–Crippen MR) is 111 cm³/mol. The van der Waals surface area contributed by atoms with Crippen LogP contribution >= 0.6 is 0 Å². The van der Waals surface area contributed by atoms with E-state index in [4.69, 9.17) is 18.7 Å². The first kappa shape index (κ1) is 19.4. The van der Waals surface area contributed by atoms with Crippen LogP contribution in [0.1, 0.15) is 40.6 Å². The van der Waals surface area contributed by atoms with Crippen LogP contribution < -0.4 is 14.2 Å². The molecule has 1 saturated heterocycles. The molecule has 0 atom stereocenters. The van der Waals surface area contributed by atoms with Gasteiger partial charge < -0.3 is 23.6 Å². The number of carbonyl (C=O) groups is 1. The Labute approximate surface area is 179 Å². The standard InChI is InChI=1S/C23H23N3O5/c1-14-11-17(28-2)4-5-18(14)23(27)26-9-7-15(8-10-26)22-24-21(25-31-22)16-3-6-19-20(12-16)30-13-29-19/h3-6,11-12,15H,7-10,13H2,1-2H3. The minimum Gasteiger partial charge on any atom is -0.497 e. The Hall–Kier alpha value is -3.55. The predicted octanol–water partition coefficient (Wildman–Crippen LogP) is 3.80. The minimum atomic E-state index is 0.0465. The number of hydrogen-bond donors (Lipinski definition) is 0. The number of fused-ring (bicyclic) bond motifs is 1. The number of likely N-dealkylation sites (tertiary alicyclic amines) is 1. The van der Waals surface area contributed by atoms with Crippen molar-refractivity contribution in [1.29, 1.82) is 0 Å². The molecule has 0 N–H and O–H groups in total. The lowest BCUT2D eigenvalue weighted by Crippen LogP contribution is -2.38. The quantitative estimate of drug-likeness (QED) is 0.633. The van der Waals surface area contributed by atoms with E-state index in [-0.39, 0.29) is 18.6 Å². The van der Waals surface area contributed by atoms with Crippen LogP contribution in [0.2, 0.25) is 0 Å². The molecule has 0 spiro atoms. The second-order valence-electron chi connectivity index (χ2n) is 7.77. The number of aromatic nitrogens is 2. The highest BCUT2D eigenvalue weighted by atomic mass is 16.7. The van der Waals surface area contributed by atoms with Crippen molar-refractivity contribution in [2.45, 2.75) is 25.7 Å². The van der Waals surface area contributed by atoms with Crippen LogP contribution in [0.15, 0.2) is 40.9 Å². The molecule has 0 unspecified atom stereocenters. The van der Waals surface area contributed by atoms with Gasteiger partial charge in [0.25, 0.3) is 5.91 Å². The lowest BCUT2D eigenvalue weighted by atomic mass is 9.95. The molecule has 2 aromatic carbocycles. The molecule has 0 bridgehead atoms. The zero-order chi connectivity index (χ0) is 21.4. The first-order chi connectivity index (χ1) is 15.1. The molecule has 1 fully saturated rings. The van der Waals surface area contributed by atoms with Gasteiger partial charge in [0, 0.05) is 30.1 Å². The third-order valence-corrected chi connectivity index (χ3v) is 5.87. The molecule has 0 radical (unpaired) electrons. The van der Waals surface area contributed by atoms with Crippen molar-refractivity contribution in [2.24, 2.45) is 0 Å². The summed E-state index contributed by atoms with van der Waals surface area (Å²) in [4.78, 5) is 19.4. The zero-order valence-corrected chi connectivity index (χ0v) is 17.5. The van der Waals surface area contributed by atoms with Crippen LogP contribution in [-0.4, -0.2) is 47.9 Å². The van der Waals surface area contributed by atoms with Crippen LogP contribution in [0, 0.1) is 6.92 Å². The number of hydrogen-bond acceptors (Lipinski definition) is 7. The fourth-order valence-electron chi connectivity index (χ4n) is 4.06. The summed E-state index contributed by atoms with van der Waals surface area (Å²) in [6, 6.07) is 11.1. The fraction of sp³-hybridized carbons (Fsp3) is 0.348. The number of ether oxygens (including phenoxy) is 3. The van der Waals surface area contributed by atoms with Gasteiger partial charge in [0.2, 0.25) is 18.5 Å². The van der Waals surface area contributed by atoms with E-state index in [0.717, 1.165) is 35.5 Å². The molecule has 1 aromatic heterocycles. The molecule has 0 aliphatic carbocycles. The number of amides is 1. The van der Waals surface area contributed by atoms with Crippen molar-refractivity contribution in [2.75, 3.05) is 27.0 Å². The number of benzene rings is 2. The van der Waals surface area contributed by atoms with E-state index in [1.54, 1.807) is 7.11 Å². The average molecular weight is 421 g/mol. The van der Waals surface area contributed by atoms with E-state index in [1.165, 1.54) is 0 Å². The first-order valence-corrected chi connectivity index (χ1v) is 10.3. The maximum atomic E-state index is 13.0. The minimum absolute atomic E-state index is 0.0465. The molecule has 5 rings (SSSR count). The second kappa shape index (κ2) is 7.94. The smallest absolute Gasteiger partial charge is 0.254 e. The monoisotopic (exact) mass is 421 g/mol. The van der Waals surface area contributed by atoms with Crippen molar-refractivity contribution in [1.82, 2.24) is 15.0 Å². The third kappa shape index (κ3) is 3.69. The van der Waals surface area contributed by atoms with Crippen LogP contribution in [-0.2, 0) is 0 Å². The zero-order valence-electron chi connectivity index (χ0n) is 17.5. The average Bonchev–Trinajstić information content (AvgIpc) is 3.48. The normalized spacial score (nSPS) is 15.9. The van der Waals surface area contributed by atoms with E-state index in [2.05, 4.69) is 10.1 Å². The highest BCUT2D eigenvalue weighted by Crippen LogP contribution is 2.36. The number of aryl methyl sites for hydroxylation is 1. The SMILES string of the molecule is COc1ccc(C(=O)N2CCC(c3nc(-c4ccc5c(c4)OCO5)no3)CC2)c(C)c1. The van der Waals surface area contributed by atoms with E-state index in [1.807, 2.05) is 48.2 Å². The number of piperidine rings is 1. The van der Waals surface area contributed by atoms with E-state index >= 15 is 0 Å². The van der Waals surface area contributed by atoms with Crippen LogP contribution in [0.5, 0.6) is 17.2 Å². The molecule has 8 heteroatoms. The van der Waals surface area contributed by atoms with Crippen LogP contribution in [0.25, 0.3) is 11.4 Å². The van der Waals surface area contributed by atoms with Gasteiger partial charge in [0.15, 0.2) is 11.5 Å². The van der Waals surface area contributed by atoms with E-state index in [9.17, 15) is 4.79 Å². The summed E-state index contributed by atoms with van der Waals surface area (Å²) < 4.78 is 21.6. The largest absolute Gasteiger partial charge is 0.497 e. The van der Waals surface area contributed by atoms with Gasteiger partial charge in [0.05, 0.1) is 7.11 Å². The Bertz CT molecular complexity index is 1120. The molecule has 3 aromatic rings. The van der Waals surface area contributed by atoms with Crippen molar-refractivity contribution in [3.8, 4) is 28.6 Å². The number of nitrogens with zero attached hydrogens (tertiary/aromatic N) is 3. The molecule has 2 aliphatic rings. The first-order valence-electron chi connectivity index (χ1n) is 10.3. The van der Waals surface area contributed by atoms with Gasteiger partial charge in [0.1, 0.15) is 5.75 Å². The maximum Gasteiger partial charge on any atom is 0.254 e. The lowest BCUT2D eigenvalue weighted by molar-refractivity contribution is 0.0703. The summed E-state index contributed by atoms with van der Waals surface area (Å²) in [5.41, 5.74) is 2.45. The topological polar surface area (TPSA) is 86.9 Å². The highest BCUT2D eigenvalue weighted by Gasteiger charge is 2.29. The molecule has 1 amide bonds. The van der Waals surface area contributed by atoms with Crippen molar-refractivity contribution in [3.63, 3.8) is 0 Å². The van der Waals surface area contributed by atoms with Crippen LogP contribution in [0.3, 0.4) is 0 Å². The summed E-state index contributed by atoms with van der Waals surface area (Å²) >= 11 is 0. The Morgan fingerprint density at radius 3 is 2.68 bits per heavy atom. The number of carbonyl (C=O) groups excluding carboxylic acids is 1. The molecule has 31 heavy (non-hydrogen) atoms. The lowest BCUT2D eigenvalue weighted by Gasteiger charge is -2.30. The van der Waals surface area contributed by atoms with Gasteiger partial charge in [-0.2, -0.15) is 4.98 Å². The Balaban J connectivity index is 1.24. The Morgan fingerprint density at radius 1 is 1.10 bits per heavy atom. The molecule has 8 nitrogen and oxygen atoms in total. The summed E-state index contributed by atoms with van der Waals surface area (Å²) in [5.74, 6) is 3.48. The molecular weight excluding hydrogens is 398 g/mol. The van der Waals surface area contributed by atoms with Crippen molar-refractivity contribution < 1.29 is 23.5 Å². The van der Waals surface area contributed by atoms with Crippen molar-refractivity contribution in [3.05, 3.63) is 53.4 Å². The van der Waals surface area contributed by atoms with Gasteiger partial charge in [-0.15, -0.1) is 0 Å².